The molecule has 6 heteroatoms. The highest BCUT2D eigenvalue weighted by Gasteiger charge is 2.41. The molecule has 0 radical (unpaired) electrons. The zero-order valence-electron chi connectivity index (χ0n) is 20.5. The summed E-state index contributed by atoms with van der Waals surface area (Å²) in [5.41, 5.74) is 1.93. The predicted molar refractivity (Wildman–Crippen MR) is 136 cm³/mol. The van der Waals surface area contributed by atoms with E-state index in [1.807, 2.05) is 31.2 Å². The van der Waals surface area contributed by atoms with E-state index in [2.05, 4.69) is 9.80 Å². The highest BCUT2D eigenvalue weighted by molar-refractivity contribution is 6.30. The molecule has 184 valence electrons. The summed E-state index contributed by atoms with van der Waals surface area (Å²) in [6.07, 6.45) is 10.7. The van der Waals surface area contributed by atoms with E-state index in [4.69, 9.17) is 21.0 Å². The Morgan fingerprint density at radius 1 is 1.06 bits per heavy atom. The Balaban J connectivity index is 1.05. The van der Waals surface area contributed by atoms with Crippen molar-refractivity contribution in [2.45, 2.75) is 77.3 Å². The number of carbonyl (C=O) groups excluding carboxylic acids is 1. The average Bonchev–Trinajstić information content (AvgIpc) is 3.59. The van der Waals surface area contributed by atoms with Gasteiger partial charge in [0.05, 0.1) is 5.69 Å². The molecule has 0 bridgehead atoms. The minimum Gasteiger partial charge on any atom is -0.441 e. The number of aromatic nitrogens is 1. The van der Waals surface area contributed by atoms with Crippen LogP contribution in [0.5, 0.6) is 0 Å². The Morgan fingerprint density at radius 2 is 1.76 bits per heavy atom. The van der Waals surface area contributed by atoms with Gasteiger partial charge in [0.25, 0.3) is 0 Å². The molecule has 5 nitrogen and oxygen atoms in total. The van der Waals surface area contributed by atoms with Gasteiger partial charge in [-0.1, -0.05) is 24.4 Å². The van der Waals surface area contributed by atoms with E-state index in [0.29, 0.717) is 16.7 Å². The first kappa shape index (κ1) is 24.0. The lowest BCUT2D eigenvalue weighted by Crippen LogP contribution is -2.36. The molecule has 1 aliphatic carbocycles. The molecule has 0 N–H and O–H groups in total. The number of Topliss-reactive ketones (excluding diaryl/α,β-unsaturated/α-hetero) is 1. The van der Waals surface area contributed by atoms with Crippen molar-refractivity contribution >= 4 is 17.4 Å². The van der Waals surface area contributed by atoms with Crippen LogP contribution in [0.15, 0.2) is 28.7 Å². The van der Waals surface area contributed by atoms with E-state index in [-0.39, 0.29) is 5.92 Å². The second-order valence-corrected chi connectivity index (χ2v) is 11.0. The van der Waals surface area contributed by atoms with Gasteiger partial charge < -0.3 is 9.32 Å². The van der Waals surface area contributed by atoms with Gasteiger partial charge in [-0.2, -0.15) is 0 Å². The van der Waals surface area contributed by atoms with Crippen LogP contribution in [-0.2, 0) is 11.3 Å². The van der Waals surface area contributed by atoms with Crippen LogP contribution >= 0.6 is 11.6 Å². The summed E-state index contributed by atoms with van der Waals surface area (Å²) >= 11 is 6.00. The summed E-state index contributed by atoms with van der Waals surface area (Å²) < 4.78 is 5.92. The zero-order chi connectivity index (χ0) is 23.5. The van der Waals surface area contributed by atoms with Crippen molar-refractivity contribution in [2.75, 3.05) is 26.2 Å². The minimum absolute atomic E-state index is 0.245. The standard InChI is InChI=1S/C28H38ClN3O2/c1-20-25(30-28(34-20)22-6-9-24(29)10-7-22)19-31-16-12-21(13-17-31)27(33)11-8-23-18-26(23)32-14-4-2-3-5-15-32/h6-7,9-10,21,23,26H,2-5,8,11-19H2,1H3. The SMILES string of the molecule is Cc1oc(-c2ccc(Cl)cc2)nc1CN1CCC(C(=O)CCC2CC2N2CCCCCC2)CC1. The number of rotatable bonds is 8. The average molecular weight is 484 g/mol. The van der Waals surface area contributed by atoms with Gasteiger partial charge in [-0.3, -0.25) is 9.69 Å². The molecule has 5 rings (SSSR count). The Bertz CT molecular complexity index is 957. The number of halogens is 1. The Hall–Kier alpha value is -1.69. The Kier molecular flexibility index (Phi) is 7.72. The van der Waals surface area contributed by atoms with Crippen LogP contribution in [0.3, 0.4) is 0 Å². The quantitative estimate of drug-likeness (QED) is 0.452. The van der Waals surface area contributed by atoms with Gasteiger partial charge in [-0.15, -0.1) is 0 Å². The van der Waals surface area contributed by atoms with Crippen molar-refractivity contribution in [3.63, 3.8) is 0 Å². The third-order valence-corrected chi connectivity index (χ3v) is 8.41. The minimum atomic E-state index is 0.245. The number of aryl methyl sites for hydroxylation is 1. The maximum Gasteiger partial charge on any atom is 0.226 e. The smallest absolute Gasteiger partial charge is 0.226 e. The zero-order valence-corrected chi connectivity index (χ0v) is 21.2. The third-order valence-electron chi connectivity index (χ3n) is 8.16. The number of nitrogens with zero attached hydrogens (tertiary/aromatic N) is 3. The molecule has 3 aliphatic rings. The van der Waals surface area contributed by atoms with E-state index < -0.39 is 0 Å². The van der Waals surface area contributed by atoms with Crippen LogP contribution in [0.25, 0.3) is 11.5 Å². The van der Waals surface area contributed by atoms with E-state index in [9.17, 15) is 4.79 Å². The fraction of sp³-hybridized carbons (Fsp3) is 0.643. The van der Waals surface area contributed by atoms with Crippen LogP contribution in [0.4, 0.5) is 0 Å². The fourth-order valence-corrected chi connectivity index (χ4v) is 5.99. The monoisotopic (exact) mass is 483 g/mol. The highest BCUT2D eigenvalue weighted by atomic mass is 35.5. The summed E-state index contributed by atoms with van der Waals surface area (Å²) in [5, 5.41) is 0.707. The number of benzene rings is 1. The lowest BCUT2D eigenvalue weighted by atomic mass is 9.89. The second kappa shape index (κ2) is 10.9. The Morgan fingerprint density at radius 3 is 2.47 bits per heavy atom. The summed E-state index contributed by atoms with van der Waals surface area (Å²) in [6.45, 7) is 7.23. The molecule has 1 saturated carbocycles. The normalized spacial score (nSPS) is 24.8. The first-order valence-corrected chi connectivity index (χ1v) is 13.7. The van der Waals surface area contributed by atoms with Crippen LogP contribution in [0.2, 0.25) is 5.02 Å². The van der Waals surface area contributed by atoms with Crippen LogP contribution in [0, 0.1) is 18.8 Å². The van der Waals surface area contributed by atoms with Gasteiger partial charge in [0.1, 0.15) is 11.5 Å². The van der Waals surface area contributed by atoms with Gasteiger partial charge >= 0.3 is 0 Å². The van der Waals surface area contributed by atoms with Crippen molar-refractivity contribution in [2.24, 2.45) is 11.8 Å². The molecule has 0 spiro atoms. The van der Waals surface area contributed by atoms with Crippen molar-refractivity contribution in [3.05, 3.63) is 40.7 Å². The number of carbonyl (C=O) groups is 1. The molecule has 2 aromatic rings. The number of hydrogen-bond acceptors (Lipinski definition) is 5. The number of piperidine rings is 1. The summed E-state index contributed by atoms with van der Waals surface area (Å²) in [6, 6.07) is 8.36. The van der Waals surface area contributed by atoms with Gasteiger partial charge in [-0.05, 0) is 102 Å². The van der Waals surface area contributed by atoms with Crippen LogP contribution in [0.1, 0.15) is 69.2 Å². The molecule has 3 fully saturated rings. The number of ketones is 1. The second-order valence-electron chi connectivity index (χ2n) is 10.6. The molecule has 2 atom stereocenters. The van der Waals surface area contributed by atoms with Crippen molar-refractivity contribution in [3.8, 4) is 11.5 Å². The molecule has 0 amide bonds. The van der Waals surface area contributed by atoms with E-state index in [1.165, 1.54) is 45.2 Å². The Labute approximate surface area is 208 Å². The van der Waals surface area contributed by atoms with E-state index in [1.54, 1.807) is 0 Å². The van der Waals surface area contributed by atoms with Gasteiger partial charge in [-0.25, -0.2) is 4.98 Å². The molecule has 34 heavy (non-hydrogen) atoms. The summed E-state index contributed by atoms with van der Waals surface area (Å²) in [4.78, 5) is 22.8. The van der Waals surface area contributed by atoms with E-state index >= 15 is 0 Å². The number of oxazole rings is 1. The molecule has 1 aromatic heterocycles. The van der Waals surface area contributed by atoms with Gasteiger partial charge in [0, 0.05) is 35.5 Å². The lowest BCUT2D eigenvalue weighted by Gasteiger charge is -2.30. The number of hydrogen-bond donors (Lipinski definition) is 0. The molecule has 1 aromatic carbocycles. The first-order valence-electron chi connectivity index (χ1n) is 13.3. The molecule has 3 heterocycles. The third kappa shape index (κ3) is 5.92. The lowest BCUT2D eigenvalue weighted by molar-refractivity contribution is -0.124. The largest absolute Gasteiger partial charge is 0.441 e. The maximum atomic E-state index is 12.9. The topological polar surface area (TPSA) is 49.6 Å². The molecule has 2 saturated heterocycles. The molecule has 2 aliphatic heterocycles. The van der Waals surface area contributed by atoms with Gasteiger partial charge in [0.15, 0.2) is 0 Å². The maximum absolute atomic E-state index is 12.9. The summed E-state index contributed by atoms with van der Waals surface area (Å²) in [5.74, 6) is 3.03. The number of likely N-dealkylation sites (tertiary alicyclic amines) is 2. The van der Waals surface area contributed by atoms with Gasteiger partial charge in [0.2, 0.25) is 5.89 Å². The van der Waals surface area contributed by atoms with Crippen LogP contribution in [-0.4, -0.2) is 52.8 Å². The summed E-state index contributed by atoms with van der Waals surface area (Å²) in [7, 11) is 0. The van der Waals surface area contributed by atoms with Crippen molar-refractivity contribution in [1.82, 2.24) is 14.8 Å². The van der Waals surface area contributed by atoms with Crippen LogP contribution < -0.4 is 0 Å². The molecular formula is C28H38ClN3O2. The molecular weight excluding hydrogens is 446 g/mol. The first-order chi connectivity index (χ1) is 16.6. The molecule has 2 unspecified atom stereocenters. The van der Waals surface area contributed by atoms with E-state index in [0.717, 1.165) is 74.3 Å². The van der Waals surface area contributed by atoms with Crippen molar-refractivity contribution < 1.29 is 9.21 Å². The predicted octanol–water partition coefficient (Wildman–Crippen LogP) is 6.13. The van der Waals surface area contributed by atoms with Crippen molar-refractivity contribution in [1.29, 1.82) is 0 Å². The highest BCUT2D eigenvalue weighted by Crippen LogP contribution is 2.40. The fourth-order valence-electron chi connectivity index (χ4n) is 5.86.